The minimum absolute atomic E-state index is 0.00202. The molecule has 4 aromatic rings. The van der Waals surface area contributed by atoms with E-state index in [0.717, 1.165) is 24.8 Å². The van der Waals surface area contributed by atoms with Gasteiger partial charge < -0.3 is 19.6 Å². The van der Waals surface area contributed by atoms with Gasteiger partial charge in [0.15, 0.2) is 17.3 Å². The largest absolute Gasteiger partial charge is 0.493 e. The number of halogens is 1. The first kappa shape index (κ1) is 29.1. The second kappa shape index (κ2) is 12.7. The summed E-state index contributed by atoms with van der Waals surface area (Å²) in [6.07, 6.45) is 11.5. The summed E-state index contributed by atoms with van der Waals surface area (Å²) in [7, 11) is 3.12. The predicted octanol–water partition coefficient (Wildman–Crippen LogP) is 8.39. The van der Waals surface area contributed by atoms with Crippen molar-refractivity contribution in [3.05, 3.63) is 89.0 Å². The minimum atomic E-state index is -1.14. The van der Waals surface area contributed by atoms with Crippen LogP contribution in [0.15, 0.2) is 72.8 Å². The Labute approximate surface area is 249 Å². The van der Waals surface area contributed by atoms with E-state index in [9.17, 15) is 14.7 Å². The summed E-state index contributed by atoms with van der Waals surface area (Å²) in [5.41, 5.74) is 3.29. The number of methoxy groups -OCH3 is 2. The smallest absolute Gasteiger partial charge is 0.336 e. The first-order chi connectivity index (χ1) is 20.3. The van der Waals surface area contributed by atoms with Crippen molar-refractivity contribution in [3.8, 4) is 34.0 Å². The van der Waals surface area contributed by atoms with Crippen molar-refractivity contribution in [3.63, 3.8) is 0 Å². The lowest BCUT2D eigenvalue weighted by molar-refractivity contribution is 0.0697. The van der Waals surface area contributed by atoms with Gasteiger partial charge in [0.1, 0.15) is 5.82 Å². The zero-order chi connectivity index (χ0) is 29.8. The number of nitrogens with one attached hydrogen (secondary N) is 1. The number of aromatic amines is 1. The third-order valence-electron chi connectivity index (χ3n) is 7.82. The molecule has 2 N–H and O–H groups in total. The Hall–Kier alpha value is -4.36. The number of aromatic nitrogens is 2. The number of benzene rings is 3. The highest BCUT2D eigenvalue weighted by Gasteiger charge is 2.25. The molecule has 1 aromatic heterocycles. The lowest BCUT2D eigenvalue weighted by atomic mass is 9.80. The fraction of sp³-hybridized carbons (Fsp3) is 0.265. The maximum Gasteiger partial charge on any atom is 0.336 e. The number of carbonyl (C=O) groups is 2. The van der Waals surface area contributed by atoms with E-state index in [2.05, 4.69) is 24.1 Å². The van der Waals surface area contributed by atoms with Gasteiger partial charge in [-0.1, -0.05) is 73.5 Å². The van der Waals surface area contributed by atoms with Crippen molar-refractivity contribution in [2.75, 3.05) is 14.2 Å². The number of aromatic carboxylic acids is 1. The fourth-order valence-corrected chi connectivity index (χ4v) is 5.99. The molecule has 3 aromatic carbocycles. The van der Waals surface area contributed by atoms with Crippen molar-refractivity contribution < 1.29 is 24.2 Å². The van der Waals surface area contributed by atoms with E-state index in [4.69, 9.17) is 26.1 Å². The Balaban J connectivity index is 1.54. The summed E-state index contributed by atoms with van der Waals surface area (Å²) in [5, 5.41) is 10.6. The summed E-state index contributed by atoms with van der Waals surface area (Å²) in [5.74, 6) is 0.882. The molecule has 0 saturated carbocycles. The lowest BCUT2D eigenvalue weighted by Crippen LogP contribution is -2.18. The Morgan fingerprint density at radius 1 is 1.07 bits per heavy atom. The van der Waals surface area contributed by atoms with E-state index in [-0.39, 0.29) is 17.3 Å². The SMILES string of the molecule is CCC[C@@H](CC(=O)c1ccc(-c2c(Cl)cccc2-c2nc3cc(OC)c(OC)cc3[nH]2)c(C(=O)O)c1)C1C=CC=CC1. The molecule has 1 heterocycles. The van der Waals surface area contributed by atoms with Crippen molar-refractivity contribution in [1.82, 2.24) is 9.97 Å². The lowest BCUT2D eigenvalue weighted by Gasteiger charge is -2.24. The maximum atomic E-state index is 13.5. The molecule has 0 amide bonds. The minimum Gasteiger partial charge on any atom is -0.493 e. The molecular formula is C34H33ClN2O5. The molecule has 42 heavy (non-hydrogen) atoms. The quantitative estimate of drug-likeness (QED) is 0.172. The summed E-state index contributed by atoms with van der Waals surface area (Å²) >= 11 is 6.72. The van der Waals surface area contributed by atoms with Crippen LogP contribution in [0.1, 0.15) is 53.3 Å². The van der Waals surface area contributed by atoms with Gasteiger partial charge in [-0.3, -0.25) is 4.79 Å². The number of ketones is 1. The Bertz CT molecular complexity index is 1660. The van der Waals surface area contributed by atoms with E-state index < -0.39 is 5.97 Å². The van der Waals surface area contributed by atoms with Gasteiger partial charge in [0.05, 0.1) is 30.8 Å². The van der Waals surface area contributed by atoms with E-state index in [0.29, 0.717) is 62.5 Å². The Kier molecular flexibility index (Phi) is 8.78. The molecule has 2 atom stereocenters. The fourth-order valence-electron chi connectivity index (χ4n) is 5.72. The van der Waals surface area contributed by atoms with Gasteiger partial charge in [-0.05, 0) is 42.4 Å². The normalized spacial score (nSPS) is 15.1. The third kappa shape index (κ3) is 5.83. The number of allylic oxidation sites excluding steroid dienone is 4. The van der Waals surface area contributed by atoms with Gasteiger partial charge >= 0.3 is 5.97 Å². The van der Waals surface area contributed by atoms with E-state index in [1.165, 1.54) is 6.07 Å². The van der Waals surface area contributed by atoms with Crippen LogP contribution in [0.25, 0.3) is 33.5 Å². The summed E-state index contributed by atoms with van der Waals surface area (Å²) < 4.78 is 10.8. The van der Waals surface area contributed by atoms with Crippen LogP contribution < -0.4 is 9.47 Å². The molecule has 216 valence electrons. The van der Waals surface area contributed by atoms with Crippen molar-refractivity contribution in [2.45, 2.75) is 32.6 Å². The average Bonchev–Trinajstić information content (AvgIpc) is 3.43. The molecule has 7 nitrogen and oxygen atoms in total. The third-order valence-corrected chi connectivity index (χ3v) is 8.14. The average molecular weight is 585 g/mol. The Morgan fingerprint density at radius 3 is 2.55 bits per heavy atom. The topological polar surface area (TPSA) is 102 Å². The number of nitrogens with zero attached hydrogens (tertiary/aromatic N) is 1. The zero-order valence-corrected chi connectivity index (χ0v) is 24.6. The van der Waals surface area contributed by atoms with Gasteiger partial charge in [-0.15, -0.1) is 0 Å². The number of ether oxygens (including phenoxy) is 2. The molecule has 0 bridgehead atoms. The molecule has 1 aliphatic carbocycles. The van der Waals surface area contributed by atoms with E-state index >= 15 is 0 Å². The summed E-state index contributed by atoms with van der Waals surface area (Å²) in [6.45, 7) is 2.12. The molecule has 0 fully saturated rings. The number of fused-ring (bicyclic) bond motifs is 1. The highest BCUT2D eigenvalue weighted by Crippen LogP contribution is 2.40. The predicted molar refractivity (Wildman–Crippen MR) is 166 cm³/mol. The van der Waals surface area contributed by atoms with Gasteiger partial charge in [0.25, 0.3) is 0 Å². The molecule has 8 heteroatoms. The second-order valence-electron chi connectivity index (χ2n) is 10.4. The van der Waals surface area contributed by atoms with Crippen LogP contribution >= 0.6 is 11.6 Å². The number of carbonyl (C=O) groups excluding carboxylic acids is 1. The number of Topliss-reactive ketones (excluding diaryl/α,β-unsaturated/α-hetero) is 1. The van der Waals surface area contributed by atoms with Crippen molar-refractivity contribution >= 4 is 34.4 Å². The van der Waals surface area contributed by atoms with Gasteiger partial charge in [0, 0.05) is 40.3 Å². The molecule has 0 radical (unpaired) electrons. The van der Waals surface area contributed by atoms with Crippen LogP contribution in [-0.4, -0.2) is 41.0 Å². The molecule has 0 aliphatic heterocycles. The van der Waals surface area contributed by atoms with Crippen LogP contribution in [0, 0.1) is 11.8 Å². The first-order valence-corrected chi connectivity index (χ1v) is 14.4. The van der Waals surface area contributed by atoms with Gasteiger partial charge in [0.2, 0.25) is 0 Å². The molecule has 5 rings (SSSR count). The van der Waals surface area contributed by atoms with Gasteiger partial charge in [-0.2, -0.15) is 0 Å². The second-order valence-corrected chi connectivity index (χ2v) is 10.8. The monoisotopic (exact) mass is 584 g/mol. The number of H-pyrrole nitrogens is 1. The van der Waals surface area contributed by atoms with Gasteiger partial charge in [-0.25, -0.2) is 9.78 Å². The molecule has 0 saturated heterocycles. The maximum absolute atomic E-state index is 13.5. The Morgan fingerprint density at radius 2 is 1.86 bits per heavy atom. The van der Waals surface area contributed by atoms with Crippen LogP contribution in [-0.2, 0) is 0 Å². The number of carboxylic acids is 1. The standard InChI is InChI=1S/C34H33ClN2O5/c1-4-9-21(20-10-6-5-7-11-20)17-29(38)22-14-15-23(25(16-22)34(39)40)32-24(12-8-13-26(32)35)33-36-27-18-30(41-2)31(42-3)19-28(27)37-33/h5-8,10,12-16,18-21H,4,9,11,17H2,1-3H3,(H,36,37)(H,39,40)/t20?,21-/m0/s1. The summed E-state index contributed by atoms with van der Waals surface area (Å²) in [4.78, 5) is 34.1. The number of imidazole rings is 1. The van der Waals surface area contributed by atoms with E-state index in [1.54, 1.807) is 50.6 Å². The highest BCUT2D eigenvalue weighted by atomic mass is 35.5. The van der Waals surface area contributed by atoms with Crippen LogP contribution in [0.2, 0.25) is 5.02 Å². The summed E-state index contributed by atoms with van der Waals surface area (Å²) in [6, 6.07) is 13.7. The van der Waals surface area contributed by atoms with Crippen LogP contribution in [0.4, 0.5) is 0 Å². The van der Waals surface area contributed by atoms with E-state index in [1.807, 2.05) is 18.2 Å². The first-order valence-electron chi connectivity index (χ1n) is 14.0. The number of hydrogen-bond acceptors (Lipinski definition) is 5. The number of carboxylic acid groups (broad SMARTS) is 1. The molecule has 1 aliphatic rings. The van der Waals surface area contributed by atoms with Crippen LogP contribution in [0.5, 0.6) is 11.5 Å². The van der Waals surface area contributed by atoms with Crippen molar-refractivity contribution in [2.24, 2.45) is 11.8 Å². The molecular weight excluding hydrogens is 552 g/mol. The highest BCUT2D eigenvalue weighted by molar-refractivity contribution is 6.34. The van der Waals surface area contributed by atoms with Crippen molar-refractivity contribution in [1.29, 1.82) is 0 Å². The molecule has 0 spiro atoms. The zero-order valence-electron chi connectivity index (χ0n) is 23.8. The molecule has 1 unspecified atom stereocenters. The number of rotatable bonds is 11. The van der Waals surface area contributed by atoms with Crippen LogP contribution in [0.3, 0.4) is 0 Å². The number of hydrogen-bond donors (Lipinski definition) is 2.